The standard InChI is InChI=1S/C17H21F3N2O3/c1-4-14-13(9-21-10(3)23)12-7-6-11(17(18,19)20)8-15(12)22(14)16(24)25-5-2/h6-8,13-14H,4-5,9H2,1-3H3,(H,21,23). The van der Waals surface area contributed by atoms with Crippen molar-refractivity contribution in [3.63, 3.8) is 0 Å². The number of anilines is 1. The van der Waals surface area contributed by atoms with E-state index < -0.39 is 17.8 Å². The monoisotopic (exact) mass is 358 g/mol. The second-order valence-electron chi connectivity index (χ2n) is 5.86. The van der Waals surface area contributed by atoms with E-state index in [2.05, 4.69) is 5.32 Å². The van der Waals surface area contributed by atoms with Gasteiger partial charge in [0.2, 0.25) is 5.91 Å². The summed E-state index contributed by atoms with van der Waals surface area (Å²) in [5.74, 6) is -0.534. The molecule has 25 heavy (non-hydrogen) atoms. The fourth-order valence-corrected chi connectivity index (χ4v) is 3.20. The number of carbonyl (C=O) groups is 2. The first-order chi connectivity index (χ1) is 11.7. The van der Waals surface area contributed by atoms with Gasteiger partial charge in [-0.1, -0.05) is 13.0 Å². The van der Waals surface area contributed by atoms with E-state index in [9.17, 15) is 22.8 Å². The average molecular weight is 358 g/mol. The zero-order valence-corrected chi connectivity index (χ0v) is 14.3. The SMILES string of the molecule is CCOC(=O)N1c2cc(C(F)(F)F)ccc2C(CNC(C)=O)C1CC. The van der Waals surface area contributed by atoms with Crippen LogP contribution < -0.4 is 10.2 Å². The molecule has 138 valence electrons. The second kappa shape index (κ2) is 7.33. The number of amides is 2. The van der Waals surface area contributed by atoms with Gasteiger partial charge in [-0.15, -0.1) is 0 Å². The smallest absolute Gasteiger partial charge is 0.416 e. The van der Waals surface area contributed by atoms with Gasteiger partial charge in [0, 0.05) is 25.4 Å². The third-order valence-electron chi connectivity index (χ3n) is 4.27. The van der Waals surface area contributed by atoms with Crippen molar-refractivity contribution in [2.45, 2.75) is 45.3 Å². The minimum atomic E-state index is -4.51. The molecule has 5 nitrogen and oxygen atoms in total. The lowest BCUT2D eigenvalue weighted by molar-refractivity contribution is -0.137. The van der Waals surface area contributed by atoms with Gasteiger partial charge in [0.1, 0.15) is 0 Å². The van der Waals surface area contributed by atoms with Crippen molar-refractivity contribution in [1.82, 2.24) is 5.32 Å². The maximum Gasteiger partial charge on any atom is 0.416 e. The van der Waals surface area contributed by atoms with Crippen LogP contribution in [0.3, 0.4) is 0 Å². The van der Waals surface area contributed by atoms with Crippen molar-refractivity contribution in [2.75, 3.05) is 18.1 Å². The number of fused-ring (bicyclic) bond motifs is 1. The lowest BCUT2D eigenvalue weighted by Gasteiger charge is -2.27. The maximum atomic E-state index is 13.1. The van der Waals surface area contributed by atoms with Gasteiger partial charge in [-0.3, -0.25) is 9.69 Å². The molecular weight excluding hydrogens is 337 g/mol. The van der Waals surface area contributed by atoms with Crippen LogP contribution in [0.25, 0.3) is 0 Å². The summed E-state index contributed by atoms with van der Waals surface area (Å²) in [6.45, 7) is 5.20. The Labute approximate surface area is 144 Å². The molecule has 2 unspecified atom stereocenters. The van der Waals surface area contributed by atoms with E-state index in [0.29, 0.717) is 12.0 Å². The molecule has 1 aromatic carbocycles. The van der Waals surface area contributed by atoms with E-state index in [4.69, 9.17) is 4.74 Å². The van der Waals surface area contributed by atoms with Crippen LogP contribution in [0.2, 0.25) is 0 Å². The molecule has 1 aliphatic rings. The normalized spacial score (nSPS) is 19.5. The number of halogens is 3. The quantitative estimate of drug-likeness (QED) is 0.893. The van der Waals surface area contributed by atoms with Gasteiger partial charge in [-0.05, 0) is 31.0 Å². The largest absolute Gasteiger partial charge is 0.449 e. The van der Waals surface area contributed by atoms with E-state index in [-0.39, 0.29) is 36.7 Å². The van der Waals surface area contributed by atoms with Gasteiger partial charge < -0.3 is 10.1 Å². The second-order valence-corrected chi connectivity index (χ2v) is 5.86. The molecule has 1 heterocycles. The van der Waals surface area contributed by atoms with Crippen LogP contribution in [0, 0.1) is 0 Å². The Balaban J connectivity index is 2.50. The molecular formula is C17H21F3N2O3. The van der Waals surface area contributed by atoms with Gasteiger partial charge in [0.25, 0.3) is 0 Å². The minimum Gasteiger partial charge on any atom is -0.449 e. The molecule has 0 saturated heterocycles. The predicted molar refractivity (Wildman–Crippen MR) is 86.4 cm³/mol. The van der Waals surface area contributed by atoms with Crippen LogP contribution in [-0.2, 0) is 15.7 Å². The fraction of sp³-hybridized carbons (Fsp3) is 0.529. The summed E-state index contributed by atoms with van der Waals surface area (Å²) in [5.41, 5.74) is -0.0345. The Bertz CT molecular complexity index is 661. The van der Waals surface area contributed by atoms with Gasteiger partial charge in [-0.2, -0.15) is 13.2 Å². The van der Waals surface area contributed by atoms with E-state index in [1.165, 1.54) is 17.9 Å². The van der Waals surface area contributed by atoms with Crippen molar-refractivity contribution in [3.8, 4) is 0 Å². The van der Waals surface area contributed by atoms with E-state index in [1.54, 1.807) is 6.92 Å². The molecule has 0 saturated carbocycles. The molecule has 0 spiro atoms. The molecule has 1 aliphatic heterocycles. The van der Waals surface area contributed by atoms with Crippen LogP contribution in [-0.4, -0.2) is 31.2 Å². The van der Waals surface area contributed by atoms with Crippen LogP contribution in [0.15, 0.2) is 18.2 Å². The van der Waals surface area contributed by atoms with Crippen molar-refractivity contribution in [2.24, 2.45) is 0 Å². The van der Waals surface area contributed by atoms with Crippen LogP contribution in [0.1, 0.15) is 44.2 Å². The Morgan fingerprint density at radius 3 is 2.48 bits per heavy atom. The molecule has 0 aromatic heterocycles. The number of nitrogens with one attached hydrogen (secondary N) is 1. The van der Waals surface area contributed by atoms with Crippen LogP contribution in [0.5, 0.6) is 0 Å². The summed E-state index contributed by atoms with van der Waals surface area (Å²) in [4.78, 5) is 24.9. The molecule has 0 fully saturated rings. The van der Waals surface area contributed by atoms with Gasteiger partial charge >= 0.3 is 12.3 Å². The Morgan fingerprint density at radius 2 is 1.96 bits per heavy atom. The van der Waals surface area contributed by atoms with E-state index >= 15 is 0 Å². The topological polar surface area (TPSA) is 58.6 Å². The van der Waals surface area contributed by atoms with E-state index in [1.807, 2.05) is 6.92 Å². The lowest BCUT2D eigenvalue weighted by atomic mass is 9.92. The first-order valence-electron chi connectivity index (χ1n) is 8.12. The summed E-state index contributed by atoms with van der Waals surface area (Å²) in [7, 11) is 0. The highest BCUT2D eigenvalue weighted by molar-refractivity contribution is 5.92. The van der Waals surface area contributed by atoms with Gasteiger partial charge in [0.05, 0.1) is 17.9 Å². The molecule has 1 N–H and O–H groups in total. The van der Waals surface area contributed by atoms with Crippen LogP contribution >= 0.6 is 0 Å². The third-order valence-corrected chi connectivity index (χ3v) is 4.27. The van der Waals surface area contributed by atoms with Crippen molar-refractivity contribution >= 4 is 17.7 Å². The molecule has 0 aliphatic carbocycles. The molecule has 2 rings (SSSR count). The molecule has 0 radical (unpaired) electrons. The summed E-state index contributed by atoms with van der Waals surface area (Å²) < 4.78 is 44.2. The molecule has 0 bridgehead atoms. The zero-order valence-electron chi connectivity index (χ0n) is 14.3. The van der Waals surface area contributed by atoms with Gasteiger partial charge in [-0.25, -0.2) is 4.79 Å². The summed E-state index contributed by atoms with van der Waals surface area (Å²) in [6, 6.07) is 2.97. The third kappa shape index (κ3) is 3.88. The Hall–Kier alpha value is -2.25. The highest BCUT2D eigenvalue weighted by atomic mass is 19.4. The summed E-state index contributed by atoms with van der Waals surface area (Å²) in [5, 5.41) is 2.69. The maximum absolute atomic E-state index is 13.1. The number of alkyl halides is 3. The van der Waals surface area contributed by atoms with Crippen molar-refractivity contribution in [3.05, 3.63) is 29.3 Å². The molecule has 8 heteroatoms. The number of rotatable bonds is 4. The Morgan fingerprint density at radius 1 is 1.28 bits per heavy atom. The number of ether oxygens (including phenoxy) is 1. The summed E-state index contributed by atoms with van der Waals surface area (Å²) >= 11 is 0. The highest BCUT2D eigenvalue weighted by Crippen LogP contribution is 2.45. The predicted octanol–water partition coefficient (Wildman–Crippen LogP) is 3.68. The number of nitrogens with zero attached hydrogens (tertiary/aromatic N) is 1. The molecule has 2 atom stereocenters. The first-order valence-corrected chi connectivity index (χ1v) is 8.12. The number of hydrogen-bond acceptors (Lipinski definition) is 3. The Kier molecular flexibility index (Phi) is 5.59. The van der Waals surface area contributed by atoms with Gasteiger partial charge in [0.15, 0.2) is 0 Å². The van der Waals surface area contributed by atoms with E-state index in [0.717, 1.165) is 12.1 Å². The average Bonchev–Trinajstić information content (AvgIpc) is 2.84. The van der Waals surface area contributed by atoms with Crippen LogP contribution in [0.4, 0.5) is 23.7 Å². The van der Waals surface area contributed by atoms with Crippen molar-refractivity contribution in [1.29, 1.82) is 0 Å². The van der Waals surface area contributed by atoms with Crippen molar-refractivity contribution < 1.29 is 27.5 Å². The number of hydrogen-bond donors (Lipinski definition) is 1. The molecule has 1 aromatic rings. The fourth-order valence-electron chi connectivity index (χ4n) is 3.20. The minimum absolute atomic E-state index is 0.121. The highest BCUT2D eigenvalue weighted by Gasteiger charge is 2.43. The summed E-state index contributed by atoms with van der Waals surface area (Å²) in [6.07, 6.45) is -4.67. The molecule has 2 amide bonds. The lowest BCUT2D eigenvalue weighted by Crippen LogP contribution is -2.42. The first kappa shape index (κ1) is 19.1. The number of carbonyl (C=O) groups excluding carboxylic acids is 2. The number of benzene rings is 1. The zero-order chi connectivity index (χ0) is 18.8.